The summed E-state index contributed by atoms with van der Waals surface area (Å²) in [5.74, 6) is 1.40. The Morgan fingerprint density at radius 3 is 2.63 bits per heavy atom. The first-order valence-corrected chi connectivity index (χ1v) is 12.3. The van der Waals surface area contributed by atoms with E-state index in [0.717, 1.165) is 11.6 Å². The molecule has 12 heteroatoms. The van der Waals surface area contributed by atoms with Crippen LogP contribution in [0, 0.1) is 10.1 Å². The van der Waals surface area contributed by atoms with Crippen LogP contribution in [-0.2, 0) is 16.4 Å². The molecule has 1 heterocycles. The van der Waals surface area contributed by atoms with Gasteiger partial charge in [0.05, 0.1) is 21.3 Å². The summed E-state index contributed by atoms with van der Waals surface area (Å²) in [6, 6.07) is 15.5. The first-order chi connectivity index (χ1) is 16.7. The number of anilines is 2. The standard InChI is InChI=1S/C23H21ClN4O6S/c1-15(6-7-16-8-11-21-22(12-16)34-14-33-21)25-26-20-10-9-17(28(29)30)13-23(20)35(31,32)27-19-5-3-2-4-18(19)24/h2-5,8-13,26-27H,6-7,14H2,1H3/b25-15-. The fourth-order valence-electron chi connectivity index (χ4n) is 3.32. The van der Waals surface area contributed by atoms with E-state index in [9.17, 15) is 18.5 Å². The second-order valence-corrected chi connectivity index (χ2v) is 9.73. The van der Waals surface area contributed by atoms with E-state index in [4.69, 9.17) is 21.1 Å². The van der Waals surface area contributed by atoms with Crippen LogP contribution in [0.25, 0.3) is 0 Å². The number of fused-ring (bicyclic) bond motifs is 1. The first-order valence-electron chi connectivity index (χ1n) is 10.5. The van der Waals surface area contributed by atoms with Gasteiger partial charge in [0.15, 0.2) is 11.5 Å². The Balaban J connectivity index is 1.53. The summed E-state index contributed by atoms with van der Waals surface area (Å²) in [5.41, 5.74) is 4.32. The quantitative estimate of drug-likeness (QED) is 0.227. The van der Waals surface area contributed by atoms with Gasteiger partial charge in [0.2, 0.25) is 6.79 Å². The Morgan fingerprint density at radius 1 is 1.09 bits per heavy atom. The molecule has 0 amide bonds. The van der Waals surface area contributed by atoms with Crippen molar-refractivity contribution >= 4 is 44.4 Å². The van der Waals surface area contributed by atoms with Gasteiger partial charge in [-0.25, -0.2) is 8.42 Å². The van der Waals surface area contributed by atoms with E-state index in [1.165, 1.54) is 24.3 Å². The maximum Gasteiger partial charge on any atom is 0.270 e. The molecule has 0 unspecified atom stereocenters. The minimum Gasteiger partial charge on any atom is -0.454 e. The van der Waals surface area contributed by atoms with Crippen LogP contribution in [-0.4, -0.2) is 25.8 Å². The highest BCUT2D eigenvalue weighted by atomic mass is 35.5. The van der Waals surface area contributed by atoms with E-state index >= 15 is 0 Å². The maximum atomic E-state index is 13.1. The van der Waals surface area contributed by atoms with Crippen molar-refractivity contribution in [3.8, 4) is 11.5 Å². The van der Waals surface area contributed by atoms with Gasteiger partial charge in [-0.05, 0) is 55.7 Å². The number of ether oxygens (including phenoxy) is 2. The molecule has 10 nitrogen and oxygen atoms in total. The number of hydrogen-bond acceptors (Lipinski definition) is 8. The molecule has 0 aliphatic carbocycles. The second-order valence-electron chi connectivity index (χ2n) is 7.67. The van der Waals surface area contributed by atoms with Gasteiger partial charge in [-0.15, -0.1) is 0 Å². The molecule has 1 aliphatic rings. The Hall–Kier alpha value is -3.83. The van der Waals surface area contributed by atoms with Crippen molar-refractivity contribution in [3.05, 3.63) is 81.4 Å². The number of hydrazone groups is 1. The number of para-hydroxylation sites is 1. The van der Waals surface area contributed by atoms with E-state index in [1.807, 2.05) is 18.2 Å². The number of nitrogens with one attached hydrogen (secondary N) is 2. The molecular weight excluding hydrogens is 496 g/mol. The third-order valence-corrected chi connectivity index (χ3v) is 6.90. The van der Waals surface area contributed by atoms with Crippen molar-refractivity contribution in [1.82, 2.24) is 0 Å². The summed E-state index contributed by atoms with van der Waals surface area (Å²) < 4.78 is 39.3. The SMILES string of the molecule is C/C(CCc1ccc2c(c1)OCO2)=N/Nc1ccc([N+](=O)[O-])cc1S(=O)(=O)Nc1ccccc1Cl. The van der Waals surface area contributed by atoms with Crippen LogP contribution in [0.2, 0.25) is 5.02 Å². The Labute approximate surface area is 206 Å². The van der Waals surface area contributed by atoms with Gasteiger partial charge >= 0.3 is 0 Å². The van der Waals surface area contributed by atoms with Crippen molar-refractivity contribution in [2.45, 2.75) is 24.7 Å². The highest BCUT2D eigenvalue weighted by Gasteiger charge is 2.23. The third kappa shape index (κ3) is 5.81. The molecule has 0 bridgehead atoms. The summed E-state index contributed by atoms with van der Waals surface area (Å²) in [6.45, 7) is 2.00. The van der Waals surface area contributed by atoms with E-state index in [-0.39, 0.29) is 33.8 Å². The molecule has 0 aromatic heterocycles. The molecule has 182 valence electrons. The fourth-order valence-corrected chi connectivity index (χ4v) is 4.81. The normalized spacial score (nSPS) is 12.9. The Kier molecular flexibility index (Phi) is 7.08. The number of nitro groups is 1. The lowest BCUT2D eigenvalue weighted by Gasteiger charge is -2.13. The minimum atomic E-state index is -4.23. The zero-order chi connectivity index (χ0) is 25.0. The number of nitro benzene ring substituents is 1. The summed E-state index contributed by atoms with van der Waals surface area (Å²) in [7, 11) is -4.23. The van der Waals surface area contributed by atoms with Crippen LogP contribution in [0.5, 0.6) is 11.5 Å². The third-order valence-electron chi connectivity index (χ3n) is 5.16. The average molecular weight is 517 g/mol. The molecule has 0 saturated carbocycles. The largest absolute Gasteiger partial charge is 0.454 e. The number of sulfonamides is 1. The number of hydrogen-bond donors (Lipinski definition) is 2. The molecule has 0 radical (unpaired) electrons. The number of benzene rings is 3. The monoisotopic (exact) mass is 516 g/mol. The van der Waals surface area contributed by atoms with E-state index in [1.54, 1.807) is 19.1 Å². The molecule has 4 rings (SSSR count). The summed E-state index contributed by atoms with van der Waals surface area (Å²) in [4.78, 5) is 10.3. The van der Waals surface area contributed by atoms with Crippen molar-refractivity contribution in [3.63, 3.8) is 0 Å². The van der Waals surface area contributed by atoms with Crippen molar-refractivity contribution < 1.29 is 22.8 Å². The van der Waals surface area contributed by atoms with Crippen molar-refractivity contribution in [2.75, 3.05) is 16.9 Å². The molecule has 3 aromatic rings. The first kappa shape index (κ1) is 24.3. The molecule has 0 spiro atoms. The molecule has 0 fully saturated rings. The Morgan fingerprint density at radius 2 is 1.86 bits per heavy atom. The lowest BCUT2D eigenvalue weighted by molar-refractivity contribution is -0.385. The van der Waals surface area contributed by atoms with E-state index in [2.05, 4.69) is 15.2 Å². The molecule has 0 atom stereocenters. The highest BCUT2D eigenvalue weighted by Crippen LogP contribution is 2.33. The maximum absolute atomic E-state index is 13.1. The van der Waals surface area contributed by atoms with Crippen LogP contribution in [0.3, 0.4) is 0 Å². The summed E-state index contributed by atoms with van der Waals surface area (Å²) in [6.07, 6.45) is 1.26. The zero-order valence-corrected chi connectivity index (χ0v) is 20.1. The van der Waals surface area contributed by atoms with Crippen LogP contribution >= 0.6 is 11.6 Å². The molecule has 3 aromatic carbocycles. The van der Waals surface area contributed by atoms with E-state index < -0.39 is 14.9 Å². The Bertz CT molecular complexity index is 1410. The predicted molar refractivity (Wildman–Crippen MR) is 133 cm³/mol. The van der Waals surface area contributed by atoms with Gasteiger partial charge in [0.25, 0.3) is 15.7 Å². The zero-order valence-electron chi connectivity index (χ0n) is 18.5. The number of aryl methyl sites for hydroxylation is 1. The van der Waals surface area contributed by atoms with Crippen LogP contribution in [0.1, 0.15) is 18.9 Å². The van der Waals surface area contributed by atoms with Gasteiger partial charge in [-0.1, -0.05) is 29.8 Å². The topological polar surface area (TPSA) is 132 Å². The lowest BCUT2D eigenvalue weighted by atomic mass is 10.1. The minimum absolute atomic E-state index is 0.0811. The molecule has 2 N–H and O–H groups in total. The summed E-state index contributed by atoms with van der Waals surface area (Å²) in [5, 5.41) is 15.7. The van der Waals surface area contributed by atoms with Crippen LogP contribution < -0.4 is 19.6 Å². The van der Waals surface area contributed by atoms with E-state index in [0.29, 0.717) is 30.1 Å². The number of rotatable bonds is 9. The van der Waals surface area contributed by atoms with Gasteiger partial charge in [0.1, 0.15) is 4.90 Å². The molecular formula is C23H21ClN4O6S. The van der Waals surface area contributed by atoms with Gasteiger partial charge in [0, 0.05) is 17.8 Å². The molecule has 1 aliphatic heterocycles. The van der Waals surface area contributed by atoms with Crippen LogP contribution in [0.4, 0.5) is 17.1 Å². The number of non-ortho nitro benzene ring substituents is 1. The second kappa shape index (κ2) is 10.2. The lowest BCUT2D eigenvalue weighted by Crippen LogP contribution is -2.15. The number of nitrogens with zero attached hydrogens (tertiary/aromatic N) is 2. The van der Waals surface area contributed by atoms with Gasteiger partial charge < -0.3 is 9.47 Å². The summed E-state index contributed by atoms with van der Waals surface area (Å²) >= 11 is 6.07. The molecule has 35 heavy (non-hydrogen) atoms. The van der Waals surface area contributed by atoms with Crippen molar-refractivity contribution in [1.29, 1.82) is 0 Å². The smallest absolute Gasteiger partial charge is 0.270 e. The fraction of sp³-hybridized carbons (Fsp3) is 0.174. The highest BCUT2D eigenvalue weighted by molar-refractivity contribution is 7.93. The van der Waals surface area contributed by atoms with Gasteiger partial charge in [-0.2, -0.15) is 5.10 Å². The predicted octanol–water partition coefficient (Wildman–Crippen LogP) is 5.20. The van der Waals surface area contributed by atoms with Crippen LogP contribution in [0.15, 0.2) is 70.7 Å². The average Bonchev–Trinajstić information content (AvgIpc) is 3.30. The van der Waals surface area contributed by atoms with Crippen molar-refractivity contribution in [2.24, 2.45) is 5.10 Å². The number of halogens is 1. The molecule has 0 saturated heterocycles. The van der Waals surface area contributed by atoms with Gasteiger partial charge in [-0.3, -0.25) is 20.3 Å².